The van der Waals surface area contributed by atoms with Gasteiger partial charge in [0.05, 0.1) is 17.8 Å². The molecule has 4 nitrogen and oxygen atoms in total. The summed E-state index contributed by atoms with van der Waals surface area (Å²) in [6, 6.07) is 3.23. The van der Waals surface area contributed by atoms with E-state index in [9.17, 15) is 26.7 Å². The van der Waals surface area contributed by atoms with Crippen LogP contribution in [0.2, 0.25) is 0 Å². The second kappa shape index (κ2) is 7.21. The smallest absolute Gasteiger partial charge is 0.329 e. The van der Waals surface area contributed by atoms with Crippen molar-refractivity contribution in [1.29, 1.82) is 0 Å². The Balaban J connectivity index is 2.91. The first-order chi connectivity index (χ1) is 9.75. The highest BCUT2D eigenvalue weighted by Gasteiger charge is 2.34. The fourth-order valence-corrected chi connectivity index (χ4v) is 1.63. The van der Waals surface area contributed by atoms with Gasteiger partial charge in [0, 0.05) is 13.1 Å². The number of nitrogens with two attached hydrogens (primary N) is 1. The standard InChI is InChI=1S/C12H14F5N3O/c13-10(14)7-20(6-5-18)11(21)19-9-4-2-1-3-8(9)12(15,16)17/h1-4,10H,5-7,18H2,(H,19,21). The molecule has 118 valence electrons. The molecule has 3 N–H and O–H groups in total. The summed E-state index contributed by atoms with van der Waals surface area (Å²) in [5.41, 5.74) is 3.64. The second-order valence-electron chi connectivity index (χ2n) is 4.10. The Bertz CT molecular complexity index is 478. The van der Waals surface area contributed by atoms with Crippen molar-refractivity contribution in [2.45, 2.75) is 12.6 Å². The molecule has 0 unspecified atom stereocenters. The summed E-state index contributed by atoms with van der Waals surface area (Å²) in [4.78, 5) is 12.4. The number of benzene rings is 1. The molecule has 0 saturated heterocycles. The zero-order valence-corrected chi connectivity index (χ0v) is 10.8. The zero-order valence-electron chi connectivity index (χ0n) is 10.8. The van der Waals surface area contributed by atoms with Gasteiger partial charge in [-0.15, -0.1) is 0 Å². The Morgan fingerprint density at radius 1 is 1.29 bits per heavy atom. The lowest BCUT2D eigenvalue weighted by molar-refractivity contribution is -0.136. The number of halogens is 5. The fourth-order valence-electron chi connectivity index (χ4n) is 1.63. The lowest BCUT2D eigenvalue weighted by atomic mass is 10.1. The normalized spacial score (nSPS) is 11.6. The van der Waals surface area contributed by atoms with E-state index in [0.29, 0.717) is 4.90 Å². The number of urea groups is 1. The predicted molar refractivity (Wildman–Crippen MR) is 67.1 cm³/mol. The van der Waals surface area contributed by atoms with Crippen LogP contribution in [0.1, 0.15) is 5.56 Å². The number of hydrogen-bond acceptors (Lipinski definition) is 2. The van der Waals surface area contributed by atoms with Crippen LogP contribution in [0.4, 0.5) is 32.4 Å². The van der Waals surface area contributed by atoms with Gasteiger partial charge in [-0.2, -0.15) is 13.2 Å². The second-order valence-corrected chi connectivity index (χ2v) is 4.10. The molecule has 0 aliphatic heterocycles. The van der Waals surface area contributed by atoms with Crippen LogP contribution in [-0.4, -0.2) is 37.0 Å². The minimum Gasteiger partial charge on any atom is -0.329 e. The highest BCUT2D eigenvalue weighted by Crippen LogP contribution is 2.34. The molecule has 1 aromatic carbocycles. The molecule has 0 aliphatic carbocycles. The molecule has 2 amide bonds. The Kier molecular flexibility index (Phi) is 5.89. The van der Waals surface area contributed by atoms with Crippen molar-refractivity contribution in [3.63, 3.8) is 0 Å². The van der Waals surface area contributed by atoms with Crippen molar-refractivity contribution in [1.82, 2.24) is 4.90 Å². The predicted octanol–water partition coefficient (Wildman–Crippen LogP) is 2.76. The molecule has 0 aliphatic rings. The van der Waals surface area contributed by atoms with Crippen LogP contribution in [0.5, 0.6) is 0 Å². The first kappa shape index (κ1) is 17.2. The van der Waals surface area contributed by atoms with E-state index >= 15 is 0 Å². The van der Waals surface area contributed by atoms with E-state index in [4.69, 9.17) is 5.73 Å². The number of rotatable bonds is 5. The lowest BCUT2D eigenvalue weighted by Gasteiger charge is -2.23. The van der Waals surface area contributed by atoms with Crippen molar-refractivity contribution >= 4 is 11.7 Å². The highest BCUT2D eigenvalue weighted by atomic mass is 19.4. The summed E-state index contributed by atoms with van der Waals surface area (Å²) in [6.45, 7) is -1.18. The van der Waals surface area contributed by atoms with E-state index in [2.05, 4.69) is 0 Å². The number of nitrogens with zero attached hydrogens (tertiary/aromatic N) is 1. The summed E-state index contributed by atoms with van der Waals surface area (Å²) in [5.74, 6) is 0. The minimum atomic E-state index is -4.66. The van der Waals surface area contributed by atoms with Gasteiger partial charge in [-0.1, -0.05) is 12.1 Å². The number of amides is 2. The molecule has 0 saturated carbocycles. The first-order valence-corrected chi connectivity index (χ1v) is 5.96. The number of carbonyl (C=O) groups excluding carboxylic acids is 1. The molecule has 1 rings (SSSR count). The quantitative estimate of drug-likeness (QED) is 0.822. The van der Waals surface area contributed by atoms with E-state index in [1.165, 1.54) is 6.07 Å². The summed E-state index contributed by atoms with van der Waals surface area (Å²) in [7, 11) is 0. The minimum absolute atomic E-state index is 0.0823. The molecular formula is C12H14F5N3O. The maximum atomic E-state index is 12.8. The molecule has 0 fully saturated rings. The summed E-state index contributed by atoms with van der Waals surface area (Å²) in [6.07, 6.45) is -7.47. The average Bonchev–Trinajstić information content (AvgIpc) is 2.37. The Labute approximate surface area is 117 Å². The Morgan fingerprint density at radius 2 is 1.90 bits per heavy atom. The number of para-hydroxylation sites is 1. The van der Waals surface area contributed by atoms with Crippen LogP contribution < -0.4 is 11.1 Å². The molecule has 0 spiro atoms. The van der Waals surface area contributed by atoms with Crippen LogP contribution in [0.25, 0.3) is 0 Å². The van der Waals surface area contributed by atoms with E-state index in [-0.39, 0.29) is 13.1 Å². The number of anilines is 1. The van der Waals surface area contributed by atoms with Gasteiger partial charge in [0.15, 0.2) is 0 Å². The van der Waals surface area contributed by atoms with E-state index in [1.54, 1.807) is 0 Å². The molecule has 21 heavy (non-hydrogen) atoms. The molecular weight excluding hydrogens is 297 g/mol. The molecule has 0 aromatic heterocycles. The van der Waals surface area contributed by atoms with Gasteiger partial charge < -0.3 is 16.0 Å². The number of alkyl halides is 5. The van der Waals surface area contributed by atoms with Gasteiger partial charge >= 0.3 is 12.2 Å². The van der Waals surface area contributed by atoms with Gasteiger partial charge in [-0.3, -0.25) is 0 Å². The molecule has 0 atom stereocenters. The molecule has 0 radical (unpaired) electrons. The van der Waals surface area contributed by atoms with Crippen LogP contribution in [0, 0.1) is 0 Å². The SMILES string of the molecule is NCCN(CC(F)F)C(=O)Nc1ccccc1C(F)(F)F. The van der Waals surface area contributed by atoms with Crippen molar-refractivity contribution in [2.75, 3.05) is 25.0 Å². The number of nitrogens with one attached hydrogen (secondary N) is 1. The lowest BCUT2D eigenvalue weighted by Crippen LogP contribution is -2.41. The number of hydrogen-bond donors (Lipinski definition) is 2. The van der Waals surface area contributed by atoms with Gasteiger partial charge in [-0.05, 0) is 12.1 Å². The van der Waals surface area contributed by atoms with Crippen molar-refractivity contribution in [3.8, 4) is 0 Å². The van der Waals surface area contributed by atoms with Gasteiger partial charge in [0.2, 0.25) is 0 Å². The van der Waals surface area contributed by atoms with Crippen LogP contribution in [-0.2, 0) is 6.18 Å². The van der Waals surface area contributed by atoms with Gasteiger partial charge in [0.1, 0.15) is 0 Å². The van der Waals surface area contributed by atoms with Gasteiger partial charge in [0.25, 0.3) is 6.43 Å². The zero-order chi connectivity index (χ0) is 16.0. The third kappa shape index (κ3) is 5.18. The van der Waals surface area contributed by atoms with E-state index < -0.39 is 36.4 Å². The molecule has 9 heteroatoms. The van der Waals surface area contributed by atoms with Crippen LogP contribution in [0.3, 0.4) is 0 Å². The maximum Gasteiger partial charge on any atom is 0.418 e. The van der Waals surface area contributed by atoms with Crippen LogP contribution in [0.15, 0.2) is 24.3 Å². The summed E-state index contributed by atoms with van der Waals surface area (Å²) in [5, 5.41) is 1.99. The Morgan fingerprint density at radius 3 is 2.43 bits per heavy atom. The summed E-state index contributed by atoms with van der Waals surface area (Å²) >= 11 is 0. The monoisotopic (exact) mass is 311 g/mol. The first-order valence-electron chi connectivity index (χ1n) is 5.96. The van der Waals surface area contributed by atoms with Crippen molar-refractivity contribution in [3.05, 3.63) is 29.8 Å². The highest BCUT2D eigenvalue weighted by molar-refractivity contribution is 5.90. The van der Waals surface area contributed by atoms with Crippen LogP contribution >= 0.6 is 0 Å². The van der Waals surface area contributed by atoms with Crippen molar-refractivity contribution in [2.24, 2.45) is 5.73 Å². The average molecular weight is 311 g/mol. The van der Waals surface area contributed by atoms with E-state index in [1.807, 2.05) is 5.32 Å². The maximum absolute atomic E-state index is 12.8. The van der Waals surface area contributed by atoms with Gasteiger partial charge in [-0.25, -0.2) is 13.6 Å². The largest absolute Gasteiger partial charge is 0.418 e. The van der Waals surface area contributed by atoms with Crippen molar-refractivity contribution < 1.29 is 26.7 Å². The molecule has 0 heterocycles. The summed E-state index contributed by atoms with van der Waals surface area (Å²) < 4.78 is 62.9. The molecule has 0 bridgehead atoms. The Hall–Kier alpha value is -1.90. The topological polar surface area (TPSA) is 58.4 Å². The third-order valence-corrected chi connectivity index (χ3v) is 2.52. The fraction of sp³-hybridized carbons (Fsp3) is 0.417. The molecule has 1 aromatic rings. The third-order valence-electron chi connectivity index (χ3n) is 2.52. The number of carbonyl (C=O) groups is 1. The van der Waals surface area contributed by atoms with E-state index in [0.717, 1.165) is 18.2 Å².